The molecule has 198 valence electrons. The summed E-state index contributed by atoms with van der Waals surface area (Å²) in [6.07, 6.45) is 4.69. The number of rotatable bonds is 8. The summed E-state index contributed by atoms with van der Waals surface area (Å²) in [5, 5.41) is 12.9. The zero-order chi connectivity index (χ0) is 26.1. The van der Waals surface area contributed by atoms with Crippen molar-refractivity contribution in [1.29, 1.82) is 0 Å². The van der Waals surface area contributed by atoms with Crippen molar-refractivity contribution in [2.24, 2.45) is 5.10 Å². The minimum atomic E-state index is -2.00. The maximum Gasteiger partial charge on any atom is 0.327 e. The van der Waals surface area contributed by atoms with E-state index in [1.54, 1.807) is 0 Å². The van der Waals surface area contributed by atoms with E-state index in [2.05, 4.69) is 59.0 Å². The SMILES string of the molecule is CCOC(=O)CN1N=C(c2nn(C3CCCCO3)c3ccc(O[Si](C)(C)C(C)(C)C)cc23)CC1CC. The van der Waals surface area contributed by atoms with Gasteiger partial charge in [0.25, 0.3) is 0 Å². The Balaban J connectivity index is 1.75. The number of fused-ring (bicyclic) bond motifs is 1. The molecule has 2 atom stereocenters. The van der Waals surface area contributed by atoms with Crippen LogP contribution in [0.2, 0.25) is 18.1 Å². The van der Waals surface area contributed by atoms with Crippen molar-refractivity contribution in [2.45, 2.75) is 97.1 Å². The van der Waals surface area contributed by atoms with E-state index in [1.807, 2.05) is 16.6 Å². The topological polar surface area (TPSA) is 78.2 Å². The van der Waals surface area contributed by atoms with Crippen molar-refractivity contribution >= 4 is 30.9 Å². The first-order chi connectivity index (χ1) is 17.0. The molecule has 0 N–H and O–H groups in total. The number of hydrazone groups is 1. The van der Waals surface area contributed by atoms with Crippen molar-refractivity contribution < 1.29 is 18.7 Å². The van der Waals surface area contributed by atoms with Crippen molar-refractivity contribution in [1.82, 2.24) is 14.8 Å². The predicted octanol–water partition coefficient (Wildman–Crippen LogP) is 5.87. The van der Waals surface area contributed by atoms with Crippen LogP contribution in [-0.4, -0.2) is 60.6 Å². The van der Waals surface area contributed by atoms with Gasteiger partial charge in [-0.1, -0.05) is 27.7 Å². The Morgan fingerprint density at radius 2 is 2.00 bits per heavy atom. The summed E-state index contributed by atoms with van der Waals surface area (Å²) in [5.74, 6) is 0.616. The van der Waals surface area contributed by atoms with Crippen LogP contribution in [-0.2, 0) is 14.3 Å². The van der Waals surface area contributed by atoms with Crippen LogP contribution in [0.5, 0.6) is 5.75 Å². The lowest BCUT2D eigenvalue weighted by molar-refractivity contribution is -0.144. The molecule has 1 aromatic heterocycles. The number of nitrogens with zero attached hydrogens (tertiary/aromatic N) is 4. The van der Waals surface area contributed by atoms with E-state index < -0.39 is 8.32 Å². The molecule has 0 radical (unpaired) electrons. The molecule has 4 rings (SSSR count). The molecule has 1 fully saturated rings. The normalized spacial score (nSPS) is 21.1. The number of aromatic nitrogens is 2. The molecule has 36 heavy (non-hydrogen) atoms. The lowest BCUT2D eigenvalue weighted by Crippen LogP contribution is -2.43. The first-order valence-corrected chi connectivity index (χ1v) is 16.3. The summed E-state index contributed by atoms with van der Waals surface area (Å²) in [7, 11) is -2.00. The minimum absolute atomic E-state index is 0.0817. The Bertz CT molecular complexity index is 1110. The van der Waals surface area contributed by atoms with E-state index in [0.29, 0.717) is 6.61 Å². The average molecular weight is 515 g/mol. The Labute approximate surface area is 216 Å². The smallest absolute Gasteiger partial charge is 0.327 e. The number of hydrogen-bond acceptors (Lipinski definition) is 7. The third kappa shape index (κ3) is 5.46. The first kappa shape index (κ1) is 26.7. The number of carbonyl (C=O) groups excluding carboxylic acids is 1. The number of carbonyl (C=O) groups is 1. The molecular formula is C27H42N4O4Si. The molecule has 2 aliphatic rings. The average Bonchev–Trinajstić information content (AvgIpc) is 3.39. The molecule has 1 aromatic carbocycles. The Kier molecular flexibility index (Phi) is 7.80. The minimum Gasteiger partial charge on any atom is -0.543 e. The van der Waals surface area contributed by atoms with Gasteiger partial charge in [-0.15, -0.1) is 0 Å². The molecule has 1 saturated heterocycles. The van der Waals surface area contributed by atoms with Crippen molar-refractivity contribution in [3.63, 3.8) is 0 Å². The molecule has 2 aliphatic heterocycles. The molecule has 2 aromatic rings. The Hall–Kier alpha value is -2.39. The van der Waals surface area contributed by atoms with Crippen LogP contribution < -0.4 is 4.43 Å². The van der Waals surface area contributed by atoms with Gasteiger partial charge < -0.3 is 13.9 Å². The highest BCUT2D eigenvalue weighted by molar-refractivity contribution is 6.74. The maximum absolute atomic E-state index is 12.2. The fourth-order valence-corrected chi connectivity index (χ4v) is 5.61. The van der Waals surface area contributed by atoms with Gasteiger partial charge in [-0.25, -0.2) is 4.68 Å². The summed E-state index contributed by atoms with van der Waals surface area (Å²) in [4.78, 5) is 12.2. The van der Waals surface area contributed by atoms with Gasteiger partial charge in [0.05, 0.1) is 23.9 Å². The van der Waals surface area contributed by atoms with Crippen molar-refractivity contribution in [2.75, 3.05) is 19.8 Å². The highest BCUT2D eigenvalue weighted by Crippen LogP contribution is 2.39. The Morgan fingerprint density at radius 3 is 2.64 bits per heavy atom. The van der Waals surface area contributed by atoms with E-state index in [4.69, 9.17) is 24.1 Å². The van der Waals surface area contributed by atoms with Gasteiger partial charge >= 0.3 is 5.97 Å². The summed E-state index contributed by atoms with van der Waals surface area (Å²) < 4.78 is 20.0. The first-order valence-electron chi connectivity index (χ1n) is 13.4. The number of esters is 1. The van der Waals surface area contributed by atoms with Gasteiger partial charge in [-0.2, -0.15) is 10.2 Å². The van der Waals surface area contributed by atoms with Crippen LogP contribution in [0, 0.1) is 0 Å². The van der Waals surface area contributed by atoms with Gasteiger partial charge in [-0.05, 0) is 68.9 Å². The predicted molar refractivity (Wildman–Crippen MR) is 145 cm³/mol. The van der Waals surface area contributed by atoms with Crippen molar-refractivity contribution in [3.8, 4) is 5.75 Å². The second-order valence-corrected chi connectivity index (χ2v) is 16.1. The molecule has 2 unspecified atom stereocenters. The number of benzene rings is 1. The van der Waals surface area contributed by atoms with Crippen LogP contribution in [0.25, 0.3) is 10.9 Å². The maximum atomic E-state index is 12.2. The van der Waals surface area contributed by atoms with Gasteiger partial charge in [0, 0.05) is 18.4 Å². The molecule has 9 heteroatoms. The zero-order valence-electron chi connectivity index (χ0n) is 23.0. The zero-order valence-corrected chi connectivity index (χ0v) is 24.0. The molecule has 8 nitrogen and oxygen atoms in total. The standard InChI is InChI=1S/C27H42N4O4Si/c1-8-19-16-22(28-30(19)18-25(32)33-9-2)26-21-17-20(35-36(6,7)27(3,4)5)13-14-23(21)31(29-26)24-12-10-11-15-34-24/h13-14,17,19,24H,8-12,15-16,18H2,1-7H3. The van der Waals surface area contributed by atoms with Crippen LogP contribution in [0.3, 0.4) is 0 Å². The van der Waals surface area contributed by atoms with Gasteiger partial charge in [0.2, 0.25) is 8.32 Å². The molecule has 0 amide bonds. The highest BCUT2D eigenvalue weighted by atomic mass is 28.4. The van der Waals surface area contributed by atoms with Crippen LogP contribution in [0.15, 0.2) is 23.3 Å². The molecule has 3 heterocycles. The number of hydrogen-bond donors (Lipinski definition) is 0. The third-order valence-electron chi connectivity index (χ3n) is 7.73. The summed E-state index contributed by atoms with van der Waals surface area (Å²) >= 11 is 0. The molecule has 0 spiro atoms. The van der Waals surface area contributed by atoms with E-state index in [-0.39, 0.29) is 29.8 Å². The highest BCUT2D eigenvalue weighted by Gasteiger charge is 2.39. The largest absolute Gasteiger partial charge is 0.543 e. The summed E-state index contributed by atoms with van der Waals surface area (Å²) in [5.41, 5.74) is 2.78. The lowest BCUT2D eigenvalue weighted by atomic mass is 10.0. The molecule has 0 bridgehead atoms. The van der Waals surface area contributed by atoms with Crippen LogP contribution in [0.1, 0.15) is 78.6 Å². The van der Waals surface area contributed by atoms with Gasteiger partial charge in [0.1, 0.15) is 18.0 Å². The molecule has 0 saturated carbocycles. The van der Waals surface area contributed by atoms with Crippen molar-refractivity contribution in [3.05, 3.63) is 23.9 Å². The monoisotopic (exact) mass is 514 g/mol. The van der Waals surface area contributed by atoms with Gasteiger partial charge in [0.15, 0.2) is 6.23 Å². The van der Waals surface area contributed by atoms with E-state index in [1.165, 1.54) is 0 Å². The molecular weight excluding hydrogens is 472 g/mol. The van der Waals surface area contributed by atoms with E-state index in [9.17, 15) is 4.79 Å². The lowest BCUT2D eigenvalue weighted by Gasteiger charge is -2.36. The fraction of sp³-hybridized carbons (Fsp3) is 0.667. The summed E-state index contributed by atoms with van der Waals surface area (Å²) in [6.45, 7) is 16.5. The van der Waals surface area contributed by atoms with Crippen LogP contribution in [0.4, 0.5) is 0 Å². The Morgan fingerprint density at radius 1 is 1.22 bits per heavy atom. The second-order valence-electron chi connectivity index (χ2n) is 11.4. The van der Waals surface area contributed by atoms with E-state index >= 15 is 0 Å². The number of ether oxygens (including phenoxy) is 2. The van der Waals surface area contributed by atoms with Gasteiger partial charge in [-0.3, -0.25) is 9.80 Å². The summed E-state index contributed by atoms with van der Waals surface area (Å²) in [6, 6.07) is 6.43. The third-order valence-corrected chi connectivity index (χ3v) is 12.1. The molecule has 0 aliphatic carbocycles. The second kappa shape index (κ2) is 10.5. The van der Waals surface area contributed by atoms with Crippen LogP contribution >= 0.6 is 0 Å². The quantitative estimate of drug-likeness (QED) is 0.324. The fourth-order valence-electron chi connectivity index (χ4n) is 4.59. The van der Waals surface area contributed by atoms with E-state index in [0.717, 1.165) is 66.8 Å².